The molecule has 7 N–H and O–H groups in total. The van der Waals surface area contributed by atoms with Gasteiger partial charge in [-0.15, -0.1) is 0 Å². The van der Waals surface area contributed by atoms with E-state index in [-0.39, 0.29) is 0 Å². The van der Waals surface area contributed by atoms with Crippen molar-refractivity contribution in [3.05, 3.63) is 0 Å². The molecule has 0 aromatic carbocycles. The normalized spacial score (nSPS) is 13.6. The summed E-state index contributed by atoms with van der Waals surface area (Å²) < 4.78 is 10.4. The number of rotatable bonds is 6. The Hall–Kier alpha value is -0.950. The maximum absolute atomic E-state index is 10.7. The van der Waals surface area contributed by atoms with E-state index in [4.69, 9.17) is 21.3 Å². The number of primary amides is 2. The molecule has 9 heteroatoms. The Morgan fingerprint density at radius 1 is 1.36 bits per heavy atom. The van der Waals surface area contributed by atoms with Crippen molar-refractivity contribution in [3.8, 4) is 0 Å². The smallest absolute Gasteiger partial charge is 0.339 e. The summed E-state index contributed by atoms with van der Waals surface area (Å²) in [5, 5.41) is 2.15. The van der Waals surface area contributed by atoms with Crippen LogP contribution in [0.15, 0.2) is 0 Å². The van der Waals surface area contributed by atoms with Crippen molar-refractivity contribution in [2.75, 3.05) is 6.29 Å². The van der Waals surface area contributed by atoms with Gasteiger partial charge in [-0.1, -0.05) is 0 Å². The molecule has 1 atom stereocenters. The first kappa shape index (κ1) is 13.1. The molecular formula is C5H12N3O5P. The monoisotopic (exact) mass is 225 g/mol. The molecule has 2 amide bonds. The molecule has 1 unspecified atom stereocenters. The van der Waals surface area contributed by atoms with Gasteiger partial charge in [0.1, 0.15) is 0 Å². The fraction of sp³-hybridized carbons (Fsp3) is 0.600. The minimum absolute atomic E-state index is 0.394. The van der Waals surface area contributed by atoms with Crippen LogP contribution in [0.1, 0.15) is 6.42 Å². The largest absolute Gasteiger partial charge is 0.370 e. The van der Waals surface area contributed by atoms with E-state index in [0.717, 1.165) is 0 Å². The van der Waals surface area contributed by atoms with E-state index in [1.54, 1.807) is 0 Å². The Kier molecular flexibility index (Phi) is 4.72. The second kappa shape index (κ2) is 5.06. The van der Waals surface area contributed by atoms with E-state index >= 15 is 0 Å². The third-order valence-corrected chi connectivity index (χ3v) is 1.89. The summed E-state index contributed by atoms with van der Waals surface area (Å²) in [6.07, 6.45) is -1.12. The maximum atomic E-state index is 10.7. The van der Waals surface area contributed by atoms with Gasteiger partial charge in [-0.2, -0.15) is 0 Å². The number of nitrogens with two attached hydrogens (primary N) is 2. The summed E-state index contributed by atoms with van der Waals surface area (Å²) in [7, 11) is -4.27. The van der Waals surface area contributed by atoms with E-state index in [0.29, 0.717) is 0 Å². The fourth-order valence-electron chi connectivity index (χ4n) is 0.704. The van der Waals surface area contributed by atoms with Crippen molar-refractivity contribution in [3.63, 3.8) is 0 Å². The van der Waals surface area contributed by atoms with Gasteiger partial charge in [0.15, 0.2) is 0 Å². The SMILES string of the molecule is NC(=O)CC(NCP(=O)(O)O)C(N)=O. The first-order valence-electron chi connectivity index (χ1n) is 3.58. The molecule has 0 aliphatic carbocycles. The van der Waals surface area contributed by atoms with E-state index in [1.165, 1.54) is 0 Å². The first-order chi connectivity index (χ1) is 6.22. The van der Waals surface area contributed by atoms with Crippen LogP contribution < -0.4 is 16.8 Å². The van der Waals surface area contributed by atoms with Crippen molar-refractivity contribution in [2.45, 2.75) is 12.5 Å². The van der Waals surface area contributed by atoms with Crippen LogP contribution >= 0.6 is 7.60 Å². The van der Waals surface area contributed by atoms with Crippen LogP contribution in [0.2, 0.25) is 0 Å². The van der Waals surface area contributed by atoms with Crippen LogP contribution in [0.4, 0.5) is 0 Å². The van der Waals surface area contributed by atoms with Gasteiger partial charge in [0.2, 0.25) is 11.8 Å². The van der Waals surface area contributed by atoms with Gasteiger partial charge in [-0.05, 0) is 0 Å². The average molecular weight is 225 g/mol. The Labute approximate surface area is 79.8 Å². The van der Waals surface area contributed by atoms with E-state index < -0.39 is 38.2 Å². The minimum Gasteiger partial charge on any atom is -0.370 e. The molecule has 82 valence electrons. The van der Waals surface area contributed by atoms with E-state index in [1.807, 2.05) is 0 Å². The molecular weight excluding hydrogens is 213 g/mol. The van der Waals surface area contributed by atoms with Gasteiger partial charge in [0.05, 0.1) is 18.7 Å². The van der Waals surface area contributed by atoms with Crippen molar-refractivity contribution in [2.24, 2.45) is 11.5 Å². The van der Waals surface area contributed by atoms with Crippen LogP contribution in [0.5, 0.6) is 0 Å². The molecule has 0 aromatic heterocycles. The zero-order valence-electron chi connectivity index (χ0n) is 7.21. The fourth-order valence-corrected chi connectivity index (χ4v) is 1.16. The minimum atomic E-state index is -4.27. The standard InChI is InChI=1S/C5H12N3O5P/c6-4(9)1-3(5(7)10)8-2-14(11,12)13/h3,8H,1-2H2,(H2,6,9)(H2,7,10)(H2,11,12,13). The summed E-state index contributed by atoms with van der Waals surface area (Å²) >= 11 is 0. The molecule has 0 rings (SSSR count). The predicted molar refractivity (Wildman–Crippen MR) is 46.8 cm³/mol. The molecule has 0 fully saturated rings. The lowest BCUT2D eigenvalue weighted by Crippen LogP contribution is -2.44. The predicted octanol–water partition coefficient (Wildman–Crippen LogP) is -2.56. The van der Waals surface area contributed by atoms with Gasteiger partial charge in [-0.25, -0.2) is 0 Å². The lowest BCUT2D eigenvalue weighted by atomic mass is 10.2. The summed E-state index contributed by atoms with van der Waals surface area (Å²) in [6, 6.07) is -1.15. The Morgan fingerprint density at radius 3 is 2.14 bits per heavy atom. The summed E-state index contributed by atoms with van der Waals surface area (Å²) in [6.45, 7) is 0. The maximum Gasteiger partial charge on any atom is 0.339 e. The molecule has 0 bridgehead atoms. The van der Waals surface area contributed by atoms with Crippen LogP contribution in [0.25, 0.3) is 0 Å². The number of amides is 2. The number of carbonyl (C=O) groups is 2. The zero-order chi connectivity index (χ0) is 11.4. The third-order valence-electron chi connectivity index (χ3n) is 1.29. The Morgan fingerprint density at radius 2 is 1.86 bits per heavy atom. The number of hydrogen-bond donors (Lipinski definition) is 5. The highest BCUT2D eigenvalue weighted by molar-refractivity contribution is 7.51. The average Bonchev–Trinajstić information content (AvgIpc) is 1.94. The van der Waals surface area contributed by atoms with Crippen LogP contribution in [0.3, 0.4) is 0 Å². The highest BCUT2D eigenvalue weighted by Crippen LogP contribution is 2.32. The molecule has 0 saturated carbocycles. The highest BCUT2D eigenvalue weighted by atomic mass is 31.2. The van der Waals surface area contributed by atoms with E-state index in [2.05, 4.69) is 5.32 Å². The van der Waals surface area contributed by atoms with Gasteiger partial charge >= 0.3 is 7.60 Å². The van der Waals surface area contributed by atoms with Gasteiger partial charge in [0.25, 0.3) is 0 Å². The third kappa shape index (κ3) is 6.55. The van der Waals surface area contributed by atoms with Crippen LogP contribution in [-0.2, 0) is 14.2 Å². The van der Waals surface area contributed by atoms with Crippen molar-refractivity contribution >= 4 is 19.4 Å². The molecule has 0 aliphatic heterocycles. The molecule has 0 radical (unpaired) electrons. The first-order valence-corrected chi connectivity index (χ1v) is 5.37. The Bertz CT molecular complexity index is 275. The molecule has 0 spiro atoms. The summed E-state index contributed by atoms with van der Waals surface area (Å²) in [5.74, 6) is -1.68. The summed E-state index contributed by atoms with van der Waals surface area (Å²) in [4.78, 5) is 38.0. The van der Waals surface area contributed by atoms with Crippen molar-refractivity contribution < 1.29 is 23.9 Å². The lowest BCUT2D eigenvalue weighted by molar-refractivity contribution is -0.125. The summed E-state index contributed by atoms with van der Waals surface area (Å²) in [5.41, 5.74) is 9.64. The van der Waals surface area contributed by atoms with Crippen LogP contribution in [-0.4, -0.2) is 33.9 Å². The highest BCUT2D eigenvalue weighted by Gasteiger charge is 2.21. The Balaban J connectivity index is 4.18. The van der Waals surface area contributed by atoms with E-state index in [9.17, 15) is 14.2 Å². The quantitative estimate of drug-likeness (QED) is 0.313. The number of carbonyl (C=O) groups excluding carboxylic acids is 2. The molecule has 0 aromatic rings. The zero-order valence-corrected chi connectivity index (χ0v) is 8.11. The topological polar surface area (TPSA) is 156 Å². The molecule has 14 heavy (non-hydrogen) atoms. The van der Waals surface area contributed by atoms with Gasteiger partial charge in [-0.3, -0.25) is 19.5 Å². The lowest BCUT2D eigenvalue weighted by Gasteiger charge is -2.13. The molecule has 8 nitrogen and oxygen atoms in total. The number of nitrogens with one attached hydrogen (secondary N) is 1. The molecule has 0 heterocycles. The molecule has 0 saturated heterocycles. The number of hydrogen-bond acceptors (Lipinski definition) is 4. The second-order valence-electron chi connectivity index (χ2n) is 2.65. The van der Waals surface area contributed by atoms with Crippen molar-refractivity contribution in [1.29, 1.82) is 0 Å². The van der Waals surface area contributed by atoms with Crippen molar-refractivity contribution in [1.82, 2.24) is 5.32 Å². The molecule has 0 aliphatic rings. The second-order valence-corrected chi connectivity index (χ2v) is 4.30. The van der Waals surface area contributed by atoms with Gasteiger partial charge < -0.3 is 21.3 Å². The van der Waals surface area contributed by atoms with Gasteiger partial charge in [0, 0.05) is 0 Å². The van der Waals surface area contributed by atoms with Crippen LogP contribution in [0, 0.1) is 0 Å².